The van der Waals surface area contributed by atoms with Gasteiger partial charge in [-0.1, -0.05) is 36.4 Å². The molecule has 0 aromatic heterocycles. The van der Waals surface area contributed by atoms with Crippen LogP contribution in [-0.4, -0.2) is 49.9 Å². The van der Waals surface area contributed by atoms with E-state index in [-0.39, 0.29) is 47.1 Å². The van der Waals surface area contributed by atoms with Gasteiger partial charge in [0.05, 0.1) is 35.1 Å². The summed E-state index contributed by atoms with van der Waals surface area (Å²) in [5.41, 5.74) is 0.191. The first-order valence-electron chi connectivity index (χ1n) is 10.8. The first-order valence-corrected chi connectivity index (χ1v) is 12.3. The van der Waals surface area contributed by atoms with Gasteiger partial charge in [-0.05, 0) is 30.3 Å². The average molecular weight is 498 g/mol. The first kappa shape index (κ1) is 24.3. The Bertz CT molecular complexity index is 1320. The van der Waals surface area contributed by atoms with E-state index in [1.807, 2.05) is 6.07 Å². The van der Waals surface area contributed by atoms with Crippen molar-refractivity contribution in [3.05, 3.63) is 88.5 Å². The van der Waals surface area contributed by atoms with E-state index in [1.54, 1.807) is 30.3 Å². The van der Waals surface area contributed by atoms with Crippen molar-refractivity contribution in [2.24, 2.45) is 0 Å². The summed E-state index contributed by atoms with van der Waals surface area (Å²) < 4.78 is 38.7. The molecule has 35 heavy (non-hydrogen) atoms. The van der Waals surface area contributed by atoms with Gasteiger partial charge in [-0.15, -0.1) is 0 Å². The first-order chi connectivity index (χ1) is 16.8. The van der Waals surface area contributed by atoms with Crippen LogP contribution in [0.1, 0.15) is 5.56 Å². The Balaban J connectivity index is 1.65. The van der Waals surface area contributed by atoms with Crippen LogP contribution in [0.2, 0.25) is 0 Å². The Labute approximate surface area is 202 Å². The predicted octanol–water partition coefficient (Wildman–Crippen LogP) is 3.59. The number of sulfonamides is 1. The highest BCUT2D eigenvalue weighted by atomic mass is 32.2. The number of amides is 1. The van der Waals surface area contributed by atoms with Crippen LogP contribution in [0.25, 0.3) is 0 Å². The minimum absolute atomic E-state index is 0.0131. The van der Waals surface area contributed by atoms with Crippen LogP contribution in [0.15, 0.2) is 77.7 Å². The van der Waals surface area contributed by atoms with Crippen molar-refractivity contribution >= 4 is 27.3 Å². The molecule has 0 bridgehead atoms. The predicted molar refractivity (Wildman–Crippen MR) is 128 cm³/mol. The number of ether oxygens (including phenoxy) is 2. The Morgan fingerprint density at radius 2 is 1.71 bits per heavy atom. The van der Waals surface area contributed by atoms with Crippen LogP contribution in [0.3, 0.4) is 0 Å². The van der Waals surface area contributed by atoms with Crippen molar-refractivity contribution in [1.82, 2.24) is 4.31 Å². The summed E-state index contributed by atoms with van der Waals surface area (Å²) in [6.45, 7) is 1.05. The summed E-state index contributed by atoms with van der Waals surface area (Å²) in [5.74, 6) is 0.164. The van der Waals surface area contributed by atoms with Crippen molar-refractivity contribution in [3.63, 3.8) is 0 Å². The molecule has 11 heteroatoms. The maximum atomic E-state index is 13.1. The zero-order valence-corrected chi connectivity index (χ0v) is 19.4. The Kier molecular flexibility index (Phi) is 7.39. The van der Waals surface area contributed by atoms with Gasteiger partial charge in [-0.2, -0.15) is 4.31 Å². The number of hydrogen-bond acceptors (Lipinski definition) is 7. The summed E-state index contributed by atoms with van der Waals surface area (Å²) in [5, 5.41) is 14.0. The standard InChI is InChI=1S/C24H23N3O7S/c28-24(16-18-6-4-5-9-22(18)27(29)30)25-21-17-20(35(31,32)26-12-14-33-15-13-26)10-11-23(21)34-19-7-2-1-3-8-19/h1-11,17H,12-16H2,(H,25,28). The van der Waals surface area contributed by atoms with Crippen LogP contribution in [0.5, 0.6) is 11.5 Å². The lowest BCUT2D eigenvalue weighted by atomic mass is 10.1. The number of nitro benzene ring substituents is 1. The van der Waals surface area contributed by atoms with Crippen molar-refractivity contribution < 1.29 is 27.6 Å². The molecule has 0 unspecified atom stereocenters. The van der Waals surface area contributed by atoms with Gasteiger partial charge in [-0.25, -0.2) is 8.42 Å². The smallest absolute Gasteiger partial charge is 0.273 e. The molecular weight excluding hydrogens is 474 g/mol. The average Bonchev–Trinajstić information content (AvgIpc) is 2.86. The number of hydrogen-bond donors (Lipinski definition) is 1. The quantitative estimate of drug-likeness (QED) is 0.372. The summed E-state index contributed by atoms with van der Waals surface area (Å²) in [6.07, 6.45) is -0.275. The second-order valence-corrected chi connectivity index (χ2v) is 9.64. The van der Waals surface area contributed by atoms with E-state index < -0.39 is 20.9 Å². The second kappa shape index (κ2) is 10.6. The van der Waals surface area contributed by atoms with E-state index >= 15 is 0 Å². The number of benzene rings is 3. The number of nitro groups is 1. The highest BCUT2D eigenvalue weighted by Crippen LogP contribution is 2.33. The monoisotopic (exact) mass is 497 g/mol. The van der Waals surface area contributed by atoms with Crippen LogP contribution in [-0.2, 0) is 26.0 Å². The van der Waals surface area contributed by atoms with Gasteiger partial charge in [-0.3, -0.25) is 14.9 Å². The van der Waals surface area contributed by atoms with Crippen LogP contribution in [0.4, 0.5) is 11.4 Å². The molecule has 1 aliphatic heterocycles. The number of nitrogens with one attached hydrogen (secondary N) is 1. The van der Waals surface area contributed by atoms with E-state index in [4.69, 9.17) is 9.47 Å². The molecule has 0 aliphatic carbocycles. The Morgan fingerprint density at radius 3 is 2.43 bits per heavy atom. The molecule has 0 atom stereocenters. The molecule has 1 N–H and O–H groups in total. The molecule has 1 saturated heterocycles. The fourth-order valence-corrected chi connectivity index (χ4v) is 5.05. The second-order valence-electron chi connectivity index (χ2n) is 7.70. The van der Waals surface area contributed by atoms with Crippen LogP contribution < -0.4 is 10.1 Å². The molecular formula is C24H23N3O7S. The molecule has 182 valence electrons. The number of carbonyl (C=O) groups excluding carboxylic acids is 1. The highest BCUT2D eigenvalue weighted by Gasteiger charge is 2.27. The van der Waals surface area contributed by atoms with Gasteiger partial charge >= 0.3 is 0 Å². The van der Waals surface area contributed by atoms with Gasteiger partial charge < -0.3 is 14.8 Å². The lowest BCUT2D eigenvalue weighted by Gasteiger charge is -2.26. The number of anilines is 1. The third-order valence-corrected chi connectivity index (χ3v) is 7.24. The molecule has 1 aliphatic rings. The zero-order chi connectivity index (χ0) is 24.8. The topological polar surface area (TPSA) is 128 Å². The SMILES string of the molecule is O=C(Cc1ccccc1[N+](=O)[O-])Nc1cc(S(=O)(=O)N2CCOCC2)ccc1Oc1ccccc1. The molecule has 0 saturated carbocycles. The van der Waals surface area contributed by atoms with Crippen molar-refractivity contribution in [3.8, 4) is 11.5 Å². The summed E-state index contributed by atoms with van der Waals surface area (Å²) in [4.78, 5) is 23.6. The summed E-state index contributed by atoms with van der Waals surface area (Å²) >= 11 is 0. The van der Waals surface area contributed by atoms with Gasteiger partial charge in [0, 0.05) is 24.7 Å². The lowest BCUT2D eigenvalue weighted by molar-refractivity contribution is -0.385. The number of carbonyl (C=O) groups is 1. The highest BCUT2D eigenvalue weighted by molar-refractivity contribution is 7.89. The molecule has 0 radical (unpaired) electrons. The van der Waals surface area contributed by atoms with E-state index in [0.717, 1.165) is 0 Å². The Morgan fingerprint density at radius 1 is 1.03 bits per heavy atom. The third-order valence-electron chi connectivity index (χ3n) is 5.34. The number of rotatable bonds is 8. The number of morpholine rings is 1. The summed E-state index contributed by atoms with van der Waals surface area (Å²) in [7, 11) is -3.83. The molecule has 10 nitrogen and oxygen atoms in total. The van der Waals surface area contributed by atoms with Crippen molar-refractivity contribution in [2.75, 3.05) is 31.6 Å². The molecule has 1 amide bonds. The molecule has 4 rings (SSSR count). The van der Waals surface area contributed by atoms with Crippen LogP contribution in [0, 0.1) is 10.1 Å². The number of nitrogens with zero attached hydrogens (tertiary/aromatic N) is 2. The van der Waals surface area contributed by atoms with E-state index in [0.29, 0.717) is 19.0 Å². The zero-order valence-electron chi connectivity index (χ0n) is 18.6. The van der Waals surface area contributed by atoms with E-state index in [1.165, 1.54) is 40.7 Å². The normalized spacial score (nSPS) is 14.3. The van der Waals surface area contributed by atoms with E-state index in [2.05, 4.69) is 5.32 Å². The third kappa shape index (κ3) is 5.83. The van der Waals surface area contributed by atoms with Crippen molar-refractivity contribution in [1.29, 1.82) is 0 Å². The van der Waals surface area contributed by atoms with Crippen molar-refractivity contribution in [2.45, 2.75) is 11.3 Å². The number of para-hydroxylation sites is 2. The largest absolute Gasteiger partial charge is 0.455 e. The maximum Gasteiger partial charge on any atom is 0.273 e. The Hall–Kier alpha value is -3.80. The molecule has 1 heterocycles. The van der Waals surface area contributed by atoms with Gasteiger partial charge in [0.25, 0.3) is 5.69 Å². The van der Waals surface area contributed by atoms with Gasteiger partial charge in [0.15, 0.2) is 5.75 Å². The van der Waals surface area contributed by atoms with Crippen LogP contribution >= 0.6 is 0 Å². The minimum atomic E-state index is -3.83. The van der Waals surface area contributed by atoms with E-state index in [9.17, 15) is 23.3 Å². The fourth-order valence-electron chi connectivity index (χ4n) is 3.61. The van der Waals surface area contributed by atoms with Gasteiger partial charge in [0.1, 0.15) is 5.75 Å². The molecule has 1 fully saturated rings. The molecule has 3 aromatic rings. The summed E-state index contributed by atoms with van der Waals surface area (Å²) in [6, 6.07) is 19.0. The molecule has 3 aromatic carbocycles. The molecule has 0 spiro atoms. The van der Waals surface area contributed by atoms with Gasteiger partial charge in [0.2, 0.25) is 15.9 Å². The maximum absolute atomic E-state index is 13.1. The lowest BCUT2D eigenvalue weighted by Crippen LogP contribution is -2.40. The minimum Gasteiger partial charge on any atom is -0.455 e. The fraction of sp³-hybridized carbons (Fsp3) is 0.208.